The standard InChI is InChI=1S/C25H20FN3/c1-2-17-15-28-25(29-16-17)22-11-12-23-21(13-22)10-9-20(24(23)26)8-7-18-3-5-19(14-27)6-4-18/h3-6,9-13,15-16H,2,7-8H2,1H3. The summed E-state index contributed by atoms with van der Waals surface area (Å²) >= 11 is 0. The minimum Gasteiger partial charge on any atom is -0.236 e. The molecule has 1 aromatic heterocycles. The van der Waals surface area contributed by atoms with Gasteiger partial charge in [0.15, 0.2) is 5.82 Å². The first kappa shape index (κ1) is 18.8. The molecule has 0 aliphatic carbocycles. The Morgan fingerprint density at radius 3 is 2.34 bits per heavy atom. The van der Waals surface area contributed by atoms with Crippen molar-refractivity contribution in [3.05, 3.63) is 95.1 Å². The highest BCUT2D eigenvalue weighted by Gasteiger charge is 2.10. The van der Waals surface area contributed by atoms with E-state index in [2.05, 4.69) is 23.0 Å². The summed E-state index contributed by atoms with van der Waals surface area (Å²) in [6.07, 6.45) is 5.90. The van der Waals surface area contributed by atoms with Gasteiger partial charge in [-0.3, -0.25) is 0 Å². The second kappa shape index (κ2) is 8.20. The number of hydrogen-bond acceptors (Lipinski definition) is 3. The van der Waals surface area contributed by atoms with Crippen molar-refractivity contribution in [3.63, 3.8) is 0 Å². The van der Waals surface area contributed by atoms with Crippen molar-refractivity contribution in [3.8, 4) is 17.5 Å². The molecular formula is C25H20FN3. The third-order valence-corrected chi connectivity index (χ3v) is 5.17. The molecule has 4 aromatic rings. The maximum atomic E-state index is 15.0. The molecule has 0 aliphatic heterocycles. The maximum Gasteiger partial charge on any atom is 0.159 e. The van der Waals surface area contributed by atoms with Crippen LogP contribution in [0.2, 0.25) is 0 Å². The highest BCUT2D eigenvalue weighted by molar-refractivity contribution is 5.87. The first-order valence-electron chi connectivity index (χ1n) is 9.69. The molecule has 4 heteroatoms. The number of nitriles is 1. The lowest BCUT2D eigenvalue weighted by atomic mass is 9.98. The lowest BCUT2D eigenvalue weighted by molar-refractivity contribution is 0.620. The number of aryl methyl sites for hydroxylation is 3. The van der Waals surface area contributed by atoms with E-state index in [1.165, 1.54) is 0 Å². The summed E-state index contributed by atoms with van der Waals surface area (Å²) in [5, 5.41) is 10.3. The van der Waals surface area contributed by atoms with Gasteiger partial charge in [-0.05, 0) is 59.5 Å². The lowest BCUT2D eigenvalue weighted by Crippen LogP contribution is -1.97. The van der Waals surface area contributed by atoms with Crippen LogP contribution in [0, 0.1) is 17.1 Å². The number of nitrogens with zero attached hydrogens (tertiary/aromatic N) is 3. The molecule has 0 aliphatic rings. The van der Waals surface area contributed by atoms with Crippen LogP contribution in [0.3, 0.4) is 0 Å². The number of rotatable bonds is 5. The molecule has 0 radical (unpaired) electrons. The third kappa shape index (κ3) is 4.00. The number of fused-ring (bicyclic) bond motifs is 1. The van der Waals surface area contributed by atoms with E-state index >= 15 is 4.39 Å². The van der Waals surface area contributed by atoms with Crippen molar-refractivity contribution in [2.24, 2.45) is 0 Å². The molecule has 0 spiro atoms. The van der Waals surface area contributed by atoms with Crippen molar-refractivity contribution in [1.82, 2.24) is 9.97 Å². The molecule has 0 fully saturated rings. The summed E-state index contributed by atoms with van der Waals surface area (Å²) < 4.78 is 15.0. The van der Waals surface area contributed by atoms with E-state index in [1.807, 2.05) is 54.9 Å². The summed E-state index contributed by atoms with van der Waals surface area (Å²) in [5.74, 6) is 0.472. The summed E-state index contributed by atoms with van der Waals surface area (Å²) in [6, 6.07) is 19.0. The highest BCUT2D eigenvalue weighted by atomic mass is 19.1. The van der Waals surface area contributed by atoms with Crippen LogP contribution < -0.4 is 0 Å². The average molecular weight is 381 g/mol. The summed E-state index contributed by atoms with van der Waals surface area (Å²) in [4.78, 5) is 8.83. The van der Waals surface area contributed by atoms with Crippen LogP contribution in [0.5, 0.6) is 0 Å². The highest BCUT2D eigenvalue weighted by Crippen LogP contribution is 2.26. The molecule has 0 atom stereocenters. The fraction of sp³-hybridized carbons (Fsp3) is 0.160. The number of hydrogen-bond donors (Lipinski definition) is 0. The van der Waals surface area contributed by atoms with E-state index in [1.54, 1.807) is 12.1 Å². The third-order valence-electron chi connectivity index (χ3n) is 5.17. The van der Waals surface area contributed by atoms with Crippen molar-refractivity contribution >= 4 is 10.8 Å². The zero-order valence-electron chi connectivity index (χ0n) is 16.2. The van der Waals surface area contributed by atoms with Crippen LogP contribution >= 0.6 is 0 Å². The van der Waals surface area contributed by atoms with Crippen LogP contribution in [-0.4, -0.2) is 9.97 Å². The molecule has 0 saturated carbocycles. The predicted molar refractivity (Wildman–Crippen MR) is 113 cm³/mol. The second-order valence-corrected chi connectivity index (χ2v) is 7.05. The first-order valence-corrected chi connectivity index (χ1v) is 9.69. The average Bonchev–Trinajstić information content (AvgIpc) is 2.79. The van der Waals surface area contributed by atoms with Gasteiger partial charge in [-0.2, -0.15) is 5.26 Å². The Morgan fingerprint density at radius 1 is 0.897 bits per heavy atom. The van der Waals surface area contributed by atoms with E-state index in [-0.39, 0.29) is 5.82 Å². The Bertz CT molecular complexity index is 1190. The van der Waals surface area contributed by atoms with E-state index in [4.69, 9.17) is 5.26 Å². The van der Waals surface area contributed by atoms with Crippen molar-refractivity contribution in [2.75, 3.05) is 0 Å². The van der Waals surface area contributed by atoms with Gasteiger partial charge in [0.2, 0.25) is 0 Å². The minimum atomic E-state index is -0.176. The van der Waals surface area contributed by atoms with Gasteiger partial charge in [0.05, 0.1) is 11.6 Å². The van der Waals surface area contributed by atoms with Crippen molar-refractivity contribution in [2.45, 2.75) is 26.2 Å². The van der Waals surface area contributed by atoms with Gasteiger partial charge >= 0.3 is 0 Å². The Balaban J connectivity index is 1.57. The second-order valence-electron chi connectivity index (χ2n) is 7.05. The van der Waals surface area contributed by atoms with Crippen LogP contribution in [0.4, 0.5) is 4.39 Å². The van der Waals surface area contributed by atoms with Crippen LogP contribution in [-0.2, 0) is 19.3 Å². The topological polar surface area (TPSA) is 49.6 Å². The Hall–Kier alpha value is -3.58. The summed E-state index contributed by atoms with van der Waals surface area (Å²) in [7, 11) is 0. The van der Waals surface area contributed by atoms with Gasteiger partial charge in [-0.25, -0.2) is 14.4 Å². The van der Waals surface area contributed by atoms with Crippen molar-refractivity contribution < 1.29 is 4.39 Å². The van der Waals surface area contributed by atoms with E-state index in [0.29, 0.717) is 28.8 Å². The Morgan fingerprint density at radius 2 is 1.66 bits per heavy atom. The molecule has 1 heterocycles. The predicted octanol–water partition coefficient (Wildman–Crippen LogP) is 5.66. The maximum absolute atomic E-state index is 15.0. The zero-order chi connectivity index (χ0) is 20.2. The van der Waals surface area contributed by atoms with Gasteiger partial charge in [0.25, 0.3) is 0 Å². The molecule has 3 nitrogen and oxygen atoms in total. The quantitative estimate of drug-likeness (QED) is 0.448. The normalized spacial score (nSPS) is 10.8. The molecule has 0 bridgehead atoms. The SMILES string of the molecule is CCc1cnc(-c2ccc3c(F)c(CCc4ccc(C#N)cc4)ccc3c2)nc1. The Labute approximate surface area is 169 Å². The molecule has 4 rings (SSSR count). The van der Waals surface area contributed by atoms with Crippen LogP contribution in [0.15, 0.2) is 67.0 Å². The minimum absolute atomic E-state index is 0.176. The van der Waals surface area contributed by atoms with Gasteiger partial charge in [-0.15, -0.1) is 0 Å². The van der Waals surface area contributed by atoms with Crippen LogP contribution in [0.25, 0.3) is 22.2 Å². The van der Waals surface area contributed by atoms with E-state index in [9.17, 15) is 0 Å². The number of aromatic nitrogens is 2. The van der Waals surface area contributed by atoms with E-state index < -0.39 is 0 Å². The molecular weight excluding hydrogens is 361 g/mol. The number of halogens is 1. The first-order chi connectivity index (χ1) is 14.2. The van der Waals surface area contributed by atoms with Crippen molar-refractivity contribution in [1.29, 1.82) is 5.26 Å². The fourth-order valence-electron chi connectivity index (χ4n) is 3.38. The molecule has 29 heavy (non-hydrogen) atoms. The number of benzene rings is 3. The smallest absolute Gasteiger partial charge is 0.159 e. The van der Waals surface area contributed by atoms with Crippen LogP contribution in [0.1, 0.15) is 29.2 Å². The molecule has 0 saturated heterocycles. The van der Waals surface area contributed by atoms with Gasteiger partial charge in [-0.1, -0.05) is 43.3 Å². The molecule has 0 N–H and O–H groups in total. The summed E-state index contributed by atoms with van der Waals surface area (Å²) in [5.41, 5.74) is 4.39. The monoisotopic (exact) mass is 381 g/mol. The summed E-state index contributed by atoms with van der Waals surface area (Å²) in [6.45, 7) is 2.07. The lowest BCUT2D eigenvalue weighted by Gasteiger charge is -2.09. The molecule has 142 valence electrons. The largest absolute Gasteiger partial charge is 0.236 e. The fourth-order valence-corrected chi connectivity index (χ4v) is 3.38. The van der Waals surface area contributed by atoms with Gasteiger partial charge in [0, 0.05) is 23.3 Å². The molecule has 0 amide bonds. The Kier molecular flexibility index (Phi) is 5.31. The zero-order valence-corrected chi connectivity index (χ0v) is 16.2. The molecule has 3 aromatic carbocycles. The van der Waals surface area contributed by atoms with Gasteiger partial charge < -0.3 is 0 Å². The van der Waals surface area contributed by atoms with E-state index in [0.717, 1.165) is 34.9 Å². The molecule has 0 unspecified atom stereocenters. The van der Waals surface area contributed by atoms with Gasteiger partial charge in [0.1, 0.15) is 5.82 Å².